The Hall–Kier alpha value is -0.930. The van der Waals surface area contributed by atoms with Crippen molar-refractivity contribution in [3.05, 3.63) is 35.9 Å². The quantitative estimate of drug-likeness (QED) is 0.453. The van der Waals surface area contributed by atoms with E-state index >= 15 is 0 Å². The monoisotopic (exact) mass is 208 g/mol. The van der Waals surface area contributed by atoms with E-state index in [0.717, 1.165) is 11.4 Å². The predicted molar refractivity (Wildman–Crippen MR) is 64.5 cm³/mol. The van der Waals surface area contributed by atoms with E-state index in [1.165, 1.54) is 10.5 Å². The van der Waals surface area contributed by atoms with Gasteiger partial charge in [0.05, 0.1) is 0 Å². The van der Waals surface area contributed by atoms with Crippen molar-refractivity contribution in [1.29, 1.82) is 0 Å². The fourth-order valence-corrected chi connectivity index (χ4v) is 2.00. The van der Waals surface area contributed by atoms with E-state index in [1.54, 1.807) is 11.8 Å². The zero-order chi connectivity index (χ0) is 10.4. The van der Waals surface area contributed by atoms with E-state index < -0.39 is 0 Å². The van der Waals surface area contributed by atoms with Crippen LogP contribution in [0.2, 0.25) is 0 Å². The number of thioether (sulfide) groups is 1. The van der Waals surface area contributed by atoms with Crippen LogP contribution in [0.3, 0.4) is 0 Å². The minimum absolute atomic E-state index is 0.612. The molecule has 14 heavy (non-hydrogen) atoms. The van der Waals surface area contributed by atoms with Crippen LogP contribution in [0.15, 0.2) is 35.2 Å². The second kappa shape index (κ2) is 5.73. The molecule has 0 fully saturated rings. The summed E-state index contributed by atoms with van der Waals surface area (Å²) in [7, 11) is 0. The van der Waals surface area contributed by atoms with Crippen molar-refractivity contribution in [3.8, 4) is 0 Å². The molecule has 0 aliphatic carbocycles. The molecule has 0 saturated heterocycles. The van der Waals surface area contributed by atoms with Gasteiger partial charge >= 0.3 is 0 Å². The Morgan fingerprint density at radius 1 is 1.36 bits per heavy atom. The molecule has 0 atom stereocenters. The Labute approximate surface area is 89.4 Å². The number of hydrogen-bond donors (Lipinski definition) is 2. The van der Waals surface area contributed by atoms with Gasteiger partial charge in [-0.2, -0.15) is 0 Å². The summed E-state index contributed by atoms with van der Waals surface area (Å²) >= 11 is 1.80. The van der Waals surface area contributed by atoms with Crippen molar-refractivity contribution >= 4 is 17.4 Å². The second-order valence-corrected chi connectivity index (χ2v) is 4.10. The highest BCUT2D eigenvalue weighted by atomic mass is 32.2. The Balaban J connectivity index is 2.55. The number of nitrogens with two attached hydrogens (primary N) is 2. The van der Waals surface area contributed by atoms with Gasteiger partial charge in [0.2, 0.25) is 0 Å². The van der Waals surface area contributed by atoms with Gasteiger partial charge in [0, 0.05) is 22.9 Å². The number of nitrogen functional groups attached to an aromatic ring is 1. The fraction of sp³-hybridized carbons (Fsp3) is 0.273. The van der Waals surface area contributed by atoms with Crippen LogP contribution in [0.25, 0.3) is 0 Å². The van der Waals surface area contributed by atoms with Gasteiger partial charge in [0.1, 0.15) is 0 Å². The highest BCUT2D eigenvalue weighted by Crippen LogP contribution is 2.23. The van der Waals surface area contributed by atoms with Crippen LogP contribution in [0.4, 0.5) is 5.69 Å². The lowest BCUT2D eigenvalue weighted by molar-refractivity contribution is 1.25. The van der Waals surface area contributed by atoms with E-state index in [4.69, 9.17) is 11.5 Å². The molecule has 1 rings (SSSR count). The van der Waals surface area contributed by atoms with Crippen LogP contribution in [-0.4, -0.2) is 12.3 Å². The van der Waals surface area contributed by atoms with Crippen molar-refractivity contribution in [2.24, 2.45) is 5.73 Å². The van der Waals surface area contributed by atoms with Crippen molar-refractivity contribution in [2.75, 3.05) is 18.0 Å². The SMILES string of the molecule is Cc1cc(N)ccc1SCC=CCN. The van der Waals surface area contributed by atoms with Gasteiger partial charge in [-0.1, -0.05) is 12.2 Å². The molecule has 0 heterocycles. The molecule has 1 aromatic carbocycles. The van der Waals surface area contributed by atoms with Crippen molar-refractivity contribution in [2.45, 2.75) is 11.8 Å². The lowest BCUT2D eigenvalue weighted by atomic mass is 10.2. The van der Waals surface area contributed by atoms with Crippen molar-refractivity contribution in [1.82, 2.24) is 0 Å². The summed E-state index contributed by atoms with van der Waals surface area (Å²) in [4.78, 5) is 1.28. The predicted octanol–water partition coefficient (Wildman–Crippen LogP) is 2.18. The van der Waals surface area contributed by atoms with Crippen molar-refractivity contribution < 1.29 is 0 Å². The molecule has 0 radical (unpaired) electrons. The second-order valence-electron chi connectivity index (χ2n) is 3.04. The molecule has 2 nitrogen and oxygen atoms in total. The van der Waals surface area contributed by atoms with Crippen LogP contribution >= 0.6 is 11.8 Å². The Kier molecular flexibility index (Phi) is 4.56. The minimum atomic E-state index is 0.612. The van der Waals surface area contributed by atoms with Crippen molar-refractivity contribution in [3.63, 3.8) is 0 Å². The number of rotatable bonds is 4. The van der Waals surface area contributed by atoms with Crippen LogP contribution in [-0.2, 0) is 0 Å². The molecule has 0 spiro atoms. The smallest absolute Gasteiger partial charge is 0.0317 e. The van der Waals surface area contributed by atoms with Gasteiger partial charge in [-0.05, 0) is 30.7 Å². The maximum Gasteiger partial charge on any atom is 0.0317 e. The van der Waals surface area contributed by atoms with E-state index in [0.29, 0.717) is 6.54 Å². The van der Waals surface area contributed by atoms with Gasteiger partial charge in [0.15, 0.2) is 0 Å². The summed E-state index contributed by atoms with van der Waals surface area (Å²) in [6, 6.07) is 5.99. The first-order chi connectivity index (χ1) is 6.74. The van der Waals surface area contributed by atoms with Gasteiger partial charge < -0.3 is 11.5 Å². The van der Waals surface area contributed by atoms with Crippen LogP contribution in [0, 0.1) is 6.92 Å². The molecular formula is C11H16N2S. The Bertz CT molecular complexity index is 321. The summed E-state index contributed by atoms with van der Waals surface area (Å²) in [5.41, 5.74) is 13.1. The third kappa shape index (κ3) is 3.44. The van der Waals surface area contributed by atoms with E-state index in [1.807, 2.05) is 18.2 Å². The summed E-state index contributed by atoms with van der Waals surface area (Å²) < 4.78 is 0. The topological polar surface area (TPSA) is 52.0 Å². The van der Waals surface area contributed by atoms with Crippen LogP contribution < -0.4 is 11.5 Å². The third-order valence-corrected chi connectivity index (χ3v) is 2.96. The molecule has 0 aromatic heterocycles. The van der Waals surface area contributed by atoms with E-state index in [9.17, 15) is 0 Å². The number of benzene rings is 1. The average Bonchev–Trinajstić information content (AvgIpc) is 2.15. The van der Waals surface area contributed by atoms with E-state index in [-0.39, 0.29) is 0 Å². The molecule has 0 bridgehead atoms. The highest BCUT2D eigenvalue weighted by Gasteiger charge is 1.97. The van der Waals surface area contributed by atoms with E-state index in [2.05, 4.69) is 19.1 Å². The molecule has 0 amide bonds. The maximum absolute atomic E-state index is 5.66. The molecule has 3 heteroatoms. The fourth-order valence-electron chi connectivity index (χ4n) is 1.14. The highest BCUT2D eigenvalue weighted by molar-refractivity contribution is 7.99. The molecule has 76 valence electrons. The number of aryl methyl sites for hydroxylation is 1. The number of hydrogen-bond acceptors (Lipinski definition) is 3. The summed E-state index contributed by atoms with van der Waals surface area (Å²) in [6.45, 7) is 2.69. The average molecular weight is 208 g/mol. The molecule has 0 unspecified atom stereocenters. The zero-order valence-corrected chi connectivity index (χ0v) is 9.18. The first-order valence-corrected chi connectivity index (χ1v) is 5.56. The lowest BCUT2D eigenvalue weighted by Gasteiger charge is -2.04. The Morgan fingerprint density at radius 2 is 2.14 bits per heavy atom. The van der Waals surface area contributed by atoms with Crippen LogP contribution in [0.1, 0.15) is 5.56 Å². The van der Waals surface area contributed by atoms with Crippen LogP contribution in [0.5, 0.6) is 0 Å². The molecule has 1 aromatic rings. The van der Waals surface area contributed by atoms with Gasteiger partial charge in [0.25, 0.3) is 0 Å². The lowest BCUT2D eigenvalue weighted by Crippen LogP contribution is -1.92. The zero-order valence-electron chi connectivity index (χ0n) is 8.36. The summed E-state index contributed by atoms with van der Waals surface area (Å²) in [5.74, 6) is 0.960. The Morgan fingerprint density at radius 3 is 2.79 bits per heavy atom. The normalized spacial score (nSPS) is 11.0. The largest absolute Gasteiger partial charge is 0.399 e. The number of anilines is 1. The van der Waals surface area contributed by atoms with Gasteiger partial charge in [-0.25, -0.2) is 0 Å². The maximum atomic E-state index is 5.66. The molecule has 0 aliphatic rings. The first-order valence-electron chi connectivity index (χ1n) is 4.58. The molecular weight excluding hydrogens is 192 g/mol. The molecule has 4 N–H and O–H groups in total. The molecule has 0 saturated carbocycles. The third-order valence-electron chi connectivity index (χ3n) is 1.84. The first kappa shape index (κ1) is 11.1. The molecule has 0 aliphatic heterocycles. The summed E-state index contributed by atoms with van der Waals surface area (Å²) in [6.07, 6.45) is 4.06. The summed E-state index contributed by atoms with van der Waals surface area (Å²) in [5, 5.41) is 0. The van der Waals surface area contributed by atoms with Gasteiger partial charge in [-0.3, -0.25) is 0 Å². The minimum Gasteiger partial charge on any atom is -0.399 e. The van der Waals surface area contributed by atoms with Gasteiger partial charge in [-0.15, -0.1) is 11.8 Å². The standard InChI is InChI=1S/C11H16N2S/c1-9-8-10(13)4-5-11(9)14-7-3-2-6-12/h2-5,8H,6-7,12-13H2,1H3.